The van der Waals surface area contributed by atoms with Crippen LogP contribution in [0.4, 0.5) is 0 Å². The molecule has 1 aromatic carbocycles. The number of fused-ring (bicyclic) bond motifs is 1. The second kappa shape index (κ2) is 5.17. The molecule has 0 aliphatic carbocycles. The molecule has 5 heteroatoms. The van der Waals surface area contributed by atoms with Crippen molar-refractivity contribution >= 4 is 5.97 Å². The van der Waals surface area contributed by atoms with E-state index in [1.165, 1.54) is 7.11 Å². The third-order valence-corrected chi connectivity index (χ3v) is 3.39. The fraction of sp³-hybridized carbons (Fsp3) is 0.400. The van der Waals surface area contributed by atoms with Crippen molar-refractivity contribution in [2.24, 2.45) is 0 Å². The number of rotatable bonds is 3. The molecule has 1 aliphatic rings. The van der Waals surface area contributed by atoms with Crippen molar-refractivity contribution in [3.05, 3.63) is 33.9 Å². The highest BCUT2D eigenvalue weighted by Crippen LogP contribution is 2.45. The van der Waals surface area contributed by atoms with E-state index >= 15 is 0 Å². The summed E-state index contributed by atoms with van der Waals surface area (Å²) in [6.07, 6.45) is 0.963. The van der Waals surface area contributed by atoms with Gasteiger partial charge in [-0.15, -0.1) is 0 Å². The van der Waals surface area contributed by atoms with Gasteiger partial charge in [-0.25, -0.2) is 4.79 Å². The van der Waals surface area contributed by atoms with Crippen molar-refractivity contribution in [2.75, 3.05) is 7.11 Å². The van der Waals surface area contributed by atoms with Gasteiger partial charge in [0, 0.05) is 16.7 Å². The minimum Gasteiger partial charge on any atom is -0.507 e. The minimum absolute atomic E-state index is 0.0236. The van der Waals surface area contributed by atoms with Crippen LogP contribution in [-0.4, -0.2) is 23.3 Å². The zero-order valence-electron chi connectivity index (χ0n) is 12.0. The van der Waals surface area contributed by atoms with E-state index in [1.54, 1.807) is 6.92 Å². The molecule has 1 heterocycles. The number of phenols is 1. The molecular formula is C15H18O5. The number of hydrogen-bond acceptors (Lipinski definition) is 5. The maximum absolute atomic E-state index is 11.9. The summed E-state index contributed by atoms with van der Waals surface area (Å²) >= 11 is 0. The Labute approximate surface area is 117 Å². The quantitative estimate of drug-likeness (QED) is 0.656. The van der Waals surface area contributed by atoms with E-state index in [0.717, 1.165) is 5.57 Å². The van der Waals surface area contributed by atoms with Crippen molar-refractivity contribution < 1.29 is 24.5 Å². The normalized spacial score (nSPS) is 16.6. The molecule has 5 nitrogen and oxygen atoms in total. The Bertz CT molecular complexity index is 597. The molecule has 0 spiro atoms. The number of phenolic OH excluding ortho intramolecular Hbond substituents is 1. The van der Waals surface area contributed by atoms with Gasteiger partial charge in [-0.3, -0.25) is 0 Å². The summed E-state index contributed by atoms with van der Waals surface area (Å²) in [6.45, 7) is 5.54. The Balaban J connectivity index is 2.73. The largest absolute Gasteiger partial charge is 0.507 e. The van der Waals surface area contributed by atoms with E-state index in [0.29, 0.717) is 23.1 Å². The molecule has 108 valence electrons. The number of aliphatic hydroxyl groups excluding tert-OH is 1. The smallest absolute Gasteiger partial charge is 0.345 e. The number of methoxy groups -OCH3 is 1. The molecule has 20 heavy (non-hydrogen) atoms. The van der Waals surface area contributed by atoms with Gasteiger partial charge in [0.25, 0.3) is 0 Å². The lowest BCUT2D eigenvalue weighted by molar-refractivity contribution is -0.0551. The van der Waals surface area contributed by atoms with Crippen LogP contribution >= 0.6 is 0 Å². The summed E-state index contributed by atoms with van der Waals surface area (Å²) < 4.78 is 10.0. The average Bonchev–Trinajstić information content (AvgIpc) is 2.66. The molecule has 0 saturated heterocycles. The first-order valence-corrected chi connectivity index (χ1v) is 6.33. The summed E-state index contributed by atoms with van der Waals surface area (Å²) in [5.41, 5.74) is 2.54. The fourth-order valence-electron chi connectivity index (χ4n) is 2.38. The summed E-state index contributed by atoms with van der Waals surface area (Å²) in [7, 11) is 1.41. The Kier molecular flexibility index (Phi) is 3.72. The molecular weight excluding hydrogens is 260 g/mol. The average molecular weight is 278 g/mol. The van der Waals surface area contributed by atoms with Crippen LogP contribution in [0.2, 0.25) is 0 Å². The van der Waals surface area contributed by atoms with Crippen LogP contribution in [0.5, 0.6) is 11.5 Å². The lowest BCUT2D eigenvalue weighted by Gasteiger charge is -2.16. The first kappa shape index (κ1) is 14.4. The van der Waals surface area contributed by atoms with Gasteiger partial charge in [-0.05, 0) is 27.2 Å². The van der Waals surface area contributed by atoms with Crippen LogP contribution in [0.15, 0.2) is 11.6 Å². The SMILES string of the molecule is COc1c(C)c(O)c(CC=C(C)C)c2c1C(=O)O[C@H]2O. The third kappa shape index (κ3) is 2.14. The second-order valence-electron chi connectivity index (χ2n) is 5.02. The van der Waals surface area contributed by atoms with Crippen LogP contribution in [0.3, 0.4) is 0 Å². The molecule has 0 radical (unpaired) electrons. The van der Waals surface area contributed by atoms with Crippen LogP contribution in [-0.2, 0) is 11.2 Å². The standard InChI is InChI=1S/C15H18O5/c1-7(2)5-6-9-10-11(15(18)20-14(10)17)13(19-4)8(3)12(9)16/h5,14,16-17H,6H2,1-4H3/t14-/m1/s1. The van der Waals surface area contributed by atoms with Crippen molar-refractivity contribution in [3.63, 3.8) is 0 Å². The summed E-state index contributed by atoms with van der Waals surface area (Å²) in [5.74, 6) is -0.360. The number of carbonyl (C=O) groups excluding carboxylic acids is 1. The number of allylic oxidation sites excluding steroid dienone is 2. The Hall–Kier alpha value is -2.01. The number of hydrogen-bond donors (Lipinski definition) is 2. The molecule has 0 bridgehead atoms. The van der Waals surface area contributed by atoms with E-state index in [9.17, 15) is 15.0 Å². The number of benzene rings is 1. The summed E-state index contributed by atoms with van der Waals surface area (Å²) in [6, 6.07) is 0. The molecule has 0 fully saturated rings. The summed E-state index contributed by atoms with van der Waals surface area (Å²) in [5, 5.41) is 20.2. The van der Waals surface area contributed by atoms with Gasteiger partial charge in [-0.1, -0.05) is 11.6 Å². The molecule has 2 N–H and O–H groups in total. The van der Waals surface area contributed by atoms with Gasteiger partial charge in [0.15, 0.2) is 0 Å². The number of cyclic esters (lactones) is 1. The van der Waals surface area contributed by atoms with Crippen molar-refractivity contribution in [3.8, 4) is 11.5 Å². The van der Waals surface area contributed by atoms with Crippen LogP contribution in [0.1, 0.15) is 47.2 Å². The monoisotopic (exact) mass is 278 g/mol. The maximum atomic E-state index is 11.9. The molecule has 0 aromatic heterocycles. The molecule has 0 unspecified atom stereocenters. The topological polar surface area (TPSA) is 76.0 Å². The van der Waals surface area contributed by atoms with Gasteiger partial charge in [0.1, 0.15) is 17.1 Å². The Morgan fingerprint density at radius 1 is 1.45 bits per heavy atom. The zero-order valence-corrected chi connectivity index (χ0v) is 12.0. The number of esters is 1. The zero-order chi connectivity index (χ0) is 15.0. The number of aromatic hydroxyl groups is 1. The molecule has 1 aromatic rings. The number of aliphatic hydroxyl groups is 1. The minimum atomic E-state index is -1.36. The van der Waals surface area contributed by atoms with E-state index < -0.39 is 12.3 Å². The van der Waals surface area contributed by atoms with E-state index in [4.69, 9.17) is 9.47 Å². The van der Waals surface area contributed by atoms with Crippen molar-refractivity contribution in [2.45, 2.75) is 33.5 Å². The lowest BCUT2D eigenvalue weighted by atomic mass is 9.93. The summed E-state index contributed by atoms with van der Waals surface area (Å²) in [4.78, 5) is 11.9. The number of ether oxygens (including phenoxy) is 2. The first-order valence-electron chi connectivity index (χ1n) is 6.33. The highest BCUT2D eigenvalue weighted by molar-refractivity contribution is 5.98. The molecule has 0 saturated carbocycles. The van der Waals surface area contributed by atoms with Gasteiger partial charge in [0.2, 0.25) is 6.29 Å². The van der Waals surface area contributed by atoms with Gasteiger partial charge >= 0.3 is 5.97 Å². The molecule has 1 atom stereocenters. The number of carbonyl (C=O) groups is 1. The first-order chi connectivity index (χ1) is 9.38. The van der Waals surface area contributed by atoms with Crippen LogP contribution in [0.25, 0.3) is 0 Å². The second-order valence-corrected chi connectivity index (χ2v) is 5.02. The van der Waals surface area contributed by atoms with E-state index in [1.807, 2.05) is 19.9 Å². The third-order valence-electron chi connectivity index (χ3n) is 3.39. The van der Waals surface area contributed by atoms with E-state index in [2.05, 4.69) is 0 Å². The van der Waals surface area contributed by atoms with Gasteiger partial charge in [0.05, 0.1) is 7.11 Å². The Morgan fingerprint density at radius 3 is 2.65 bits per heavy atom. The van der Waals surface area contributed by atoms with Crippen LogP contribution in [0, 0.1) is 6.92 Å². The molecule has 2 rings (SSSR count). The Morgan fingerprint density at radius 2 is 2.10 bits per heavy atom. The predicted octanol–water partition coefficient (Wildman–Crippen LogP) is 2.38. The molecule has 0 amide bonds. The van der Waals surface area contributed by atoms with Gasteiger partial charge in [-0.2, -0.15) is 0 Å². The predicted molar refractivity (Wildman–Crippen MR) is 72.9 cm³/mol. The van der Waals surface area contributed by atoms with Crippen molar-refractivity contribution in [1.82, 2.24) is 0 Å². The maximum Gasteiger partial charge on any atom is 0.345 e. The van der Waals surface area contributed by atoms with Crippen LogP contribution < -0.4 is 4.74 Å². The fourth-order valence-corrected chi connectivity index (χ4v) is 2.38. The molecule has 1 aliphatic heterocycles. The highest BCUT2D eigenvalue weighted by Gasteiger charge is 2.38. The highest BCUT2D eigenvalue weighted by atomic mass is 16.6. The lowest BCUT2D eigenvalue weighted by Crippen LogP contribution is -2.04. The van der Waals surface area contributed by atoms with E-state index in [-0.39, 0.29) is 17.1 Å². The van der Waals surface area contributed by atoms with Crippen molar-refractivity contribution in [1.29, 1.82) is 0 Å². The van der Waals surface area contributed by atoms with Gasteiger partial charge < -0.3 is 19.7 Å².